The Morgan fingerprint density at radius 1 is 1.54 bits per heavy atom. The van der Waals surface area contributed by atoms with E-state index in [-0.39, 0.29) is 6.04 Å². The van der Waals surface area contributed by atoms with Gasteiger partial charge in [0.25, 0.3) is 0 Å². The van der Waals surface area contributed by atoms with Crippen molar-refractivity contribution in [1.82, 2.24) is 10.4 Å². The highest BCUT2D eigenvalue weighted by molar-refractivity contribution is 5.11. The van der Waals surface area contributed by atoms with E-state index in [4.69, 9.17) is 10.6 Å². The molecule has 4 nitrogen and oxygen atoms in total. The molecule has 0 saturated heterocycles. The second-order valence-corrected chi connectivity index (χ2v) is 2.88. The van der Waals surface area contributed by atoms with Crippen molar-refractivity contribution < 1.29 is 4.74 Å². The van der Waals surface area contributed by atoms with Crippen LogP contribution < -0.4 is 11.3 Å². The Morgan fingerprint density at radius 3 is 2.77 bits per heavy atom. The van der Waals surface area contributed by atoms with Gasteiger partial charge in [0, 0.05) is 25.5 Å². The van der Waals surface area contributed by atoms with Gasteiger partial charge in [0.15, 0.2) is 0 Å². The minimum Gasteiger partial charge on any atom is -0.383 e. The molecular formula is C9H15N3O. The molecule has 72 valence electrons. The fraction of sp³-hybridized carbons (Fsp3) is 0.444. The molecule has 4 heteroatoms. The van der Waals surface area contributed by atoms with Gasteiger partial charge in [0.2, 0.25) is 0 Å². The number of hydrogen-bond donors (Lipinski definition) is 2. The van der Waals surface area contributed by atoms with Crippen molar-refractivity contribution in [2.24, 2.45) is 5.84 Å². The molecule has 13 heavy (non-hydrogen) atoms. The van der Waals surface area contributed by atoms with Crippen LogP contribution in [0.5, 0.6) is 0 Å². The van der Waals surface area contributed by atoms with E-state index in [1.165, 1.54) is 5.56 Å². The Bertz CT molecular complexity index is 228. The van der Waals surface area contributed by atoms with Crippen LogP contribution in [-0.2, 0) is 11.2 Å². The summed E-state index contributed by atoms with van der Waals surface area (Å²) in [5.41, 5.74) is 3.91. The molecule has 1 atom stereocenters. The SMILES string of the molecule is COCC(Cc1ccncc1)NN. The molecule has 0 aliphatic heterocycles. The van der Waals surface area contributed by atoms with Gasteiger partial charge in [0.05, 0.1) is 6.61 Å². The lowest BCUT2D eigenvalue weighted by Gasteiger charge is -2.14. The number of rotatable bonds is 5. The van der Waals surface area contributed by atoms with Gasteiger partial charge in [-0.15, -0.1) is 0 Å². The minimum atomic E-state index is 0.160. The summed E-state index contributed by atoms with van der Waals surface area (Å²) in [4.78, 5) is 3.94. The second kappa shape index (κ2) is 5.64. The molecule has 0 fully saturated rings. The summed E-state index contributed by atoms with van der Waals surface area (Å²) in [6.07, 6.45) is 4.40. The number of methoxy groups -OCH3 is 1. The van der Waals surface area contributed by atoms with Crippen LogP contribution in [0.2, 0.25) is 0 Å². The van der Waals surface area contributed by atoms with Crippen LogP contribution in [0.15, 0.2) is 24.5 Å². The Balaban J connectivity index is 2.46. The van der Waals surface area contributed by atoms with Crippen molar-refractivity contribution in [1.29, 1.82) is 0 Å². The maximum absolute atomic E-state index is 5.36. The van der Waals surface area contributed by atoms with Gasteiger partial charge >= 0.3 is 0 Å². The molecule has 1 aromatic heterocycles. The van der Waals surface area contributed by atoms with Crippen LogP contribution in [0.25, 0.3) is 0 Å². The Kier molecular flexibility index (Phi) is 4.39. The Hall–Kier alpha value is -0.970. The zero-order valence-electron chi connectivity index (χ0n) is 7.73. The van der Waals surface area contributed by atoms with E-state index in [0.717, 1.165) is 6.42 Å². The number of nitrogens with two attached hydrogens (primary N) is 1. The predicted octanol–water partition coefficient (Wildman–Crippen LogP) is 0.102. The average molecular weight is 181 g/mol. The summed E-state index contributed by atoms with van der Waals surface area (Å²) in [5, 5.41) is 0. The molecule has 0 aliphatic rings. The van der Waals surface area contributed by atoms with Crippen LogP contribution in [0, 0.1) is 0 Å². The van der Waals surface area contributed by atoms with E-state index < -0.39 is 0 Å². The largest absolute Gasteiger partial charge is 0.383 e. The zero-order chi connectivity index (χ0) is 9.52. The van der Waals surface area contributed by atoms with Crippen LogP contribution in [0.1, 0.15) is 5.56 Å². The standard InChI is InChI=1S/C9H15N3O/c1-13-7-9(12-10)6-8-2-4-11-5-3-8/h2-5,9,12H,6-7,10H2,1H3. The molecule has 0 radical (unpaired) electrons. The molecule has 1 rings (SSSR count). The van der Waals surface area contributed by atoms with E-state index >= 15 is 0 Å². The van der Waals surface area contributed by atoms with Crippen molar-refractivity contribution in [2.45, 2.75) is 12.5 Å². The first-order chi connectivity index (χ1) is 6.36. The molecule has 3 N–H and O–H groups in total. The second-order valence-electron chi connectivity index (χ2n) is 2.88. The van der Waals surface area contributed by atoms with Crippen molar-refractivity contribution >= 4 is 0 Å². The highest BCUT2D eigenvalue weighted by Crippen LogP contribution is 2.01. The smallest absolute Gasteiger partial charge is 0.0632 e. The van der Waals surface area contributed by atoms with Gasteiger partial charge in [-0.25, -0.2) is 0 Å². The summed E-state index contributed by atoms with van der Waals surface area (Å²) in [6, 6.07) is 4.10. The Labute approximate surface area is 78.1 Å². The molecule has 1 unspecified atom stereocenters. The highest BCUT2D eigenvalue weighted by Gasteiger charge is 2.06. The van der Waals surface area contributed by atoms with Crippen LogP contribution in [0.3, 0.4) is 0 Å². The maximum Gasteiger partial charge on any atom is 0.0632 e. The summed E-state index contributed by atoms with van der Waals surface area (Å²) in [6.45, 7) is 0.610. The first kappa shape index (κ1) is 10.1. The predicted molar refractivity (Wildman–Crippen MR) is 50.9 cm³/mol. The van der Waals surface area contributed by atoms with E-state index in [2.05, 4.69) is 10.4 Å². The van der Waals surface area contributed by atoms with Gasteiger partial charge in [-0.2, -0.15) is 0 Å². The number of pyridine rings is 1. The molecule has 1 aromatic rings. The minimum absolute atomic E-state index is 0.160. The quantitative estimate of drug-likeness (QED) is 0.499. The summed E-state index contributed by atoms with van der Waals surface area (Å²) >= 11 is 0. The topological polar surface area (TPSA) is 60.2 Å². The lowest BCUT2D eigenvalue weighted by molar-refractivity contribution is 0.166. The van der Waals surface area contributed by atoms with Gasteiger partial charge < -0.3 is 4.74 Å². The first-order valence-corrected chi connectivity index (χ1v) is 4.20. The third-order valence-electron chi connectivity index (χ3n) is 1.84. The Morgan fingerprint density at radius 2 is 2.23 bits per heavy atom. The van der Waals surface area contributed by atoms with Crippen molar-refractivity contribution in [3.05, 3.63) is 30.1 Å². The summed E-state index contributed by atoms with van der Waals surface area (Å²) in [7, 11) is 1.66. The number of hydrogen-bond acceptors (Lipinski definition) is 4. The lowest BCUT2D eigenvalue weighted by atomic mass is 10.1. The summed E-state index contributed by atoms with van der Waals surface area (Å²) in [5.74, 6) is 5.36. The number of nitrogens with zero attached hydrogens (tertiary/aromatic N) is 1. The van der Waals surface area contributed by atoms with Crippen molar-refractivity contribution in [2.75, 3.05) is 13.7 Å². The van der Waals surface area contributed by atoms with Crippen molar-refractivity contribution in [3.8, 4) is 0 Å². The highest BCUT2D eigenvalue weighted by atomic mass is 16.5. The van der Waals surface area contributed by atoms with Crippen LogP contribution in [-0.4, -0.2) is 24.7 Å². The van der Waals surface area contributed by atoms with Crippen molar-refractivity contribution in [3.63, 3.8) is 0 Å². The molecule has 0 saturated carbocycles. The van der Waals surface area contributed by atoms with Gasteiger partial charge in [0.1, 0.15) is 0 Å². The molecule has 0 aromatic carbocycles. The molecule has 0 aliphatic carbocycles. The number of ether oxygens (including phenoxy) is 1. The third-order valence-corrected chi connectivity index (χ3v) is 1.84. The number of aromatic nitrogens is 1. The third kappa shape index (κ3) is 3.50. The average Bonchev–Trinajstić information content (AvgIpc) is 2.19. The van der Waals surface area contributed by atoms with Crippen LogP contribution >= 0.6 is 0 Å². The molecular weight excluding hydrogens is 166 g/mol. The van der Waals surface area contributed by atoms with Gasteiger partial charge in [-0.1, -0.05) is 0 Å². The van der Waals surface area contributed by atoms with Gasteiger partial charge in [-0.3, -0.25) is 16.3 Å². The fourth-order valence-electron chi connectivity index (χ4n) is 1.17. The van der Waals surface area contributed by atoms with E-state index in [1.54, 1.807) is 19.5 Å². The van der Waals surface area contributed by atoms with E-state index in [0.29, 0.717) is 6.61 Å². The van der Waals surface area contributed by atoms with E-state index in [9.17, 15) is 0 Å². The first-order valence-electron chi connectivity index (χ1n) is 4.20. The normalized spacial score (nSPS) is 12.8. The molecule has 0 bridgehead atoms. The van der Waals surface area contributed by atoms with Crippen LogP contribution in [0.4, 0.5) is 0 Å². The van der Waals surface area contributed by atoms with E-state index in [1.807, 2.05) is 12.1 Å². The molecule has 0 spiro atoms. The molecule has 1 heterocycles. The monoisotopic (exact) mass is 181 g/mol. The maximum atomic E-state index is 5.36. The lowest BCUT2D eigenvalue weighted by Crippen LogP contribution is -2.40. The fourth-order valence-corrected chi connectivity index (χ4v) is 1.17. The zero-order valence-corrected chi connectivity index (χ0v) is 7.73. The molecule has 0 amide bonds. The number of hydrazine groups is 1. The number of nitrogens with one attached hydrogen (secondary N) is 1. The summed E-state index contributed by atoms with van der Waals surface area (Å²) < 4.78 is 5.01. The van der Waals surface area contributed by atoms with Gasteiger partial charge in [-0.05, 0) is 24.1 Å².